The zero-order valence-electron chi connectivity index (χ0n) is 9.76. The molecule has 94 valence electrons. The lowest BCUT2D eigenvalue weighted by atomic mass is 9.92. The van der Waals surface area contributed by atoms with E-state index in [1.165, 1.54) is 38.2 Å². The first-order valence-corrected chi connectivity index (χ1v) is 7.52. The SMILES string of the molecule is Fc1ccc(CC2CCCCC(Br)C2)cc1Cl. The summed E-state index contributed by atoms with van der Waals surface area (Å²) in [7, 11) is 0. The number of benzene rings is 1. The molecule has 2 atom stereocenters. The fourth-order valence-electron chi connectivity index (χ4n) is 2.58. The Hall–Kier alpha value is -0.0800. The van der Waals surface area contributed by atoms with E-state index in [0.717, 1.165) is 12.0 Å². The lowest BCUT2D eigenvalue weighted by Crippen LogP contribution is -2.08. The highest BCUT2D eigenvalue weighted by Crippen LogP contribution is 2.30. The average Bonchev–Trinajstić information content (AvgIpc) is 2.48. The number of halogens is 3. The smallest absolute Gasteiger partial charge is 0.141 e. The third kappa shape index (κ3) is 3.96. The van der Waals surface area contributed by atoms with E-state index < -0.39 is 0 Å². The van der Waals surface area contributed by atoms with Crippen molar-refractivity contribution in [2.45, 2.75) is 43.4 Å². The molecule has 17 heavy (non-hydrogen) atoms. The zero-order valence-corrected chi connectivity index (χ0v) is 12.1. The number of rotatable bonds is 2. The van der Waals surface area contributed by atoms with E-state index >= 15 is 0 Å². The summed E-state index contributed by atoms with van der Waals surface area (Å²) in [4.78, 5) is 0.644. The van der Waals surface area contributed by atoms with Crippen molar-refractivity contribution in [3.8, 4) is 0 Å². The van der Waals surface area contributed by atoms with Crippen molar-refractivity contribution in [3.63, 3.8) is 0 Å². The third-order valence-electron chi connectivity index (χ3n) is 3.48. The van der Waals surface area contributed by atoms with Crippen LogP contribution in [0.3, 0.4) is 0 Å². The van der Waals surface area contributed by atoms with Crippen molar-refractivity contribution in [2.24, 2.45) is 5.92 Å². The maximum Gasteiger partial charge on any atom is 0.141 e. The van der Waals surface area contributed by atoms with E-state index in [2.05, 4.69) is 15.9 Å². The lowest BCUT2D eigenvalue weighted by molar-refractivity contribution is 0.463. The Balaban J connectivity index is 2.01. The Morgan fingerprint density at radius 2 is 2.06 bits per heavy atom. The summed E-state index contributed by atoms with van der Waals surface area (Å²) in [5.74, 6) is 0.373. The summed E-state index contributed by atoms with van der Waals surface area (Å²) in [6.45, 7) is 0. The van der Waals surface area contributed by atoms with Crippen molar-refractivity contribution in [3.05, 3.63) is 34.6 Å². The third-order valence-corrected chi connectivity index (χ3v) is 4.60. The van der Waals surface area contributed by atoms with Crippen LogP contribution < -0.4 is 0 Å². The van der Waals surface area contributed by atoms with Gasteiger partial charge in [0.25, 0.3) is 0 Å². The summed E-state index contributed by atoms with van der Waals surface area (Å²) < 4.78 is 13.1. The van der Waals surface area contributed by atoms with Crippen molar-refractivity contribution in [2.75, 3.05) is 0 Å². The highest BCUT2D eigenvalue weighted by Gasteiger charge is 2.18. The topological polar surface area (TPSA) is 0 Å². The molecule has 1 aliphatic carbocycles. The van der Waals surface area contributed by atoms with Crippen molar-refractivity contribution in [1.82, 2.24) is 0 Å². The molecule has 3 heteroatoms. The summed E-state index contributed by atoms with van der Waals surface area (Å²) in [5, 5.41) is 0.242. The molecule has 1 saturated carbocycles. The largest absolute Gasteiger partial charge is 0.205 e. The maximum absolute atomic E-state index is 13.1. The van der Waals surface area contributed by atoms with Gasteiger partial charge in [0.1, 0.15) is 5.82 Å². The van der Waals surface area contributed by atoms with E-state index in [1.807, 2.05) is 6.07 Å². The van der Waals surface area contributed by atoms with E-state index in [0.29, 0.717) is 10.7 Å². The molecule has 1 aromatic rings. The van der Waals surface area contributed by atoms with Crippen LogP contribution in [-0.4, -0.2) is 4.83 Å². The second-order valence-electron chi connectivity index (χ2n) is 4.94. The van der Waals surface area contributed by atoms with Gasteiger partial charge in [-0.1, -0.05) is 52.9 Å². The predicted molar refractivity (Wildman–Crippen MR) is 74.4 cm³/mol. The Labute approximate surface area is 116 Å². The fourth-order valence-corrected chi connectivity index (χ4v) is 3.64. The molecule has 2 unspecified atom stereocenters. The first kappa shape index (κ1) is 13.4. The first-order chi connectivity index (χ1) is 8.15. The van der Waals surface area contributed by atoms with Gasteiger partial charge in [-0.3, -0.25) is 0 Å². The van der Waals surface area contributed by atoms with Crippen LogP contribution in [0.15, 0.2) is 18.2 Å². The Morgan fingerprint density at radius 3 is 2.82 bits per heavy atom. The molecule has 1 fully saturated rings. The Morgan fingerprint density at radius 1 is 1.29 bits per heavy atom. The lowest BCUT2D eigenvalue weighted by Gasteiger charge is -2.16. The molecule has 2 rings (SSSR count). The molecule has 0 N–H and O–H groups in total. The summed E-state index contributed by atoms with van der Waals surface area (Å²) in [5.41, 5.74) is 1.16. The van der Waals surface area contributed by atoms with E-state index in [-0.39, 0.29) is 10.8 Å². The van der Waals surface area contributed by atoms with Crippen LogP contribution >= 0.6 is 27.5 Å². The molecule has 0 bridgehead atoms. The van der Waals surface area contributed by atoms with Gasteiger partial charge in [0.15, 0.2) is 0 Å². The Kier molecular flexibility index (Phi) is 4.87. The monoisotopic (exact) mass is 318 g/mol. The first-order valence-electron chi connectivity index (χ1n) is 6.23. The van der Waals surface area contributed by atoms with Crippen molar-refractivity contribution in [1.29, 1.82) is 0 Å². The normalized spacial score (nSPS) is 25.6. The number of alkyl halides is 1. The van der Waals surface area contributed by atoms with E-state index in [9.17, 15) is 4.39 Å². The van der Waals surface area contributed by atoms with Gasteiger partial charge in [0.05, 0.1) is 5.02 Å². The second kappa shape index (κ2) is 6.19. The highest BCUT2D eigenvalue weighted by atomic mass is 79.9. The van der Waals surface area contributed by atoms with Crippen LogP contribution in [0, 0.1) is 11.7 Å². The highest BCUT2D eigenvalue weighted by molar-refractivity contribution is 9.09. The summed E-state index contributed by atoms with van der Waals surface area (Å²) in [6, 6.07) is 5.10. The van der Waals surface area contributed by atoms with Crippen molar-refractivity contribution < 1.29 is 4.39 Å². The molecule has 0 heterocycles. The van der Waals surface area contributed by atoms with Gasteiger partial charge in [-0.25, -0.2) is 4.39 Å². The average molecular weight is 320 g/mol. The minimum absolute atomic E-state index is 0.242. The molecule has 0 nitrogen and oxygen atoms in total. The number of hydrogen-bond donors (Lipinski definition) is 0. The fraction of sp³-hybridized carbons (Fsp3) is 0.571. The van der Waals surface area contributed by atoms with Crippen LogP contribution in [-0.2, 0) is 6.42 Å². The predicted octanol–water partition coefficient (Wildman–Crippen LogP) is 5.37. The molecule has 0 aromatic heterocycles. The molecule has 0 saturated heterocycles. The standard InChI is InChI=1S/C14H17BrClF/c15-12-4-2-1-3-10(8-12)7-11-5-6-14(17)13(16)9-11/h5-6,9-10,12H,1-4,7-8H2. The van der Waals surface area contributed by atoms with Gasteiger partial charge in [0.2, 0.25) is 0 Å². The van der Waals surface area contributed by atoms with Crippen LogP contribution in [0.2, 0.25) is 5.02 Å². The number of hydrogen-bond acceptors (Lipinski definition) is 0. The van der Waals surface area contributed by atoms with Crippen molar-refractivity contribution >= 4 is 27.5 Å². The molecule has 0 spiro atoms. The van der Waals surface area contributed by atoms with Crippen LogP contribution in [0.1, 0.15) is 37.7 Å². The molecule has 0 amide bonds. The minimum Gasteiger partial charge on any atom is -0.205 e. The van der Waals surface area contributed by atoms with Crippen LogP contribution in [0.25, 0.3) is 0 Å². The zero-order chi connectivity index (χ0) is 12.3. The Bertz CT molecular complexity index is 380. The summed E-state index contributed by atoms with van der Waals surface area (Å²) in [6.07, 6.45) is 7.41. The van der Waals surface area contributed by atoms with Crippen LogP contribution in [0.4, 0.5) is 4.39 Å². The summed E-state index contributed by atoms with van der Waals surface area (Å²) >= 11 is 9.54. The van der Waals surface area contributed by atoms with Gasteiger partial charge in [0, 0.05) is 4.83 Å². The van der Waals surface area contributed by atoms with Gasteiger partial charge in [-0.05, 0) is 42.9 Å². The second-order valence-corrected chi connectivity index (χ2v) is 6.64. The van der Waals surface area contributed by atoms with Gasteiger partial charge < -0.3 is 0 Å². The van der Waals surface area contributed by atoms with Gasteiger partial charge in [-0.2, -0.15) is 0 Å². The molecule has 0 radical (unpaired) electrons. The molecule has 1 aliphatic rings. The van der Waals surface area contributed by atoms with E-state index in [4.69, 9.17) is 11.6 Å². The molecule has 1 aromatic carbocycles. The quantitative estimate of drug-likeness (QED) is 0.508. The van der Waals surface area contributed by atoms with E-state index in [1.54, 1.807) is 6.07 Å². The van der Waals surface area contributed by atoms with Gasteiger partial charge >= 0.3 is 0 Å². The minimum atomic E-state index is -0.324. The molecule has 0 aliphatic heterocycles. The molecular weight excluding hydrogens is 303 g/mol. The van der Waals surface area contributed by atoms with Crippen LogP contribution in [0.5, 0.6) is 0 Å². The van der Waals surface area contributed by atoms with Gasteiger partial charge in [-0.15, -0.1) is 0 Å². The molecular formula is C14H17BrClF. The maximum atomic E-state index is 13.1.